The van der Waals surface area contributed by atoms with Gasteiger partial charge in [-0.25, -0.2) is 0 Å². The van der Waals surface area contributed by atoms with E-state index in [-0.39, 0.29) is 6.10 Å². The predicted molar refractivity (Wildman–Crippen MR) is 68.0 cm³/mol. The molecule has 2 heterocycles. The summed E-state index contributed by atoms with van der Waals surface area (Å²) in [5, 5.41) is 13.8. The first-order valence-corrected chi connectivity index (χ1v) is 6.91. The van der Waals surface area contributed by atoms with Crippen molar-refractivity contribution >= 4 is 0 Å². The van der Waals surface area contributed by atoms with Crippen LogP contribution in [0.15, 0.2) is 4.52 Å². The molecule has 1 aliphatic heterocycles. The molecule has 0 amide bonds. The second-order valence-electron chi connectivity index (χ2n) is 5.28. The monoisotopic (exact) mass is 253 g/mol. The number of β-amino-alcohol motifs (C(OH)–C–C–N with tert-alkyl or cyclic N) is 1. The summed E-state index contributed by atoms with van der Waals surface area (Å²) in [6.07, 6.45) is 3.91. The molecule has 0 radical (unpaired) electrons. The maximum absolute atomic E-state index is 9.84. The smallest absolute Gasteiger partial charge is 0.240 e. The van der Waals surface area contributed by atoms with Crippen molar-refractivity contribution in [2.75, 3.05) is 13.1 Å². The highest BCUT2D eigenvalue weighted by atomic mass is 16.5. The summed E-state index contributed by atoms with van der Waals surface area (Å²) in [4.78, 5) is 6.57. The van der Waals surface area contributed by atoms with E-state index in [1.807, 2.05) is 0 Å². The van der Waals surface area contributed by atoms with Gasteiger partial charge >= 0.3 is 0 Å². The molecule has 0 saturated carbocycles. The zero-order valence-corrected chi connectivity index (χ0v) is 11.3. The van der Waals surface area contributed by atoms with Crippen molar-refractivity contribution in [2.24, 2.45) is 5.92 Å². The van der Waals surface area contributed by atoms with Gasteiger partial charge in [0.25, 0.3) is 0 Å². The Morgan fingerprint density at radius 1 is 1.50 bits per heavy atom. The van der Waals surface area contributed by atoms with Gasteiger partial charge in [0.1, 0.15) is 0 Å². The van der Waals surface area contributed by atoms with Crippen molar-refractivity contribution in [3.05, 3.63) is 11.7 Å². The van der Waals surface area contributed by atoms with Crippen LogP contribution in [0.1, 0.15) is 44.8 Å². The molecule has 1 saturated heterocycles. The Morgan fingerprint density at radius 2 is 2.33 bits per heavy atom. The van der Waals surface area contributed by atoms with Crippen molar-refractivity contribution < 1.29 is 9.63 Å². The van der Waals surface area contributed by atoms with Gasteiger partial charge in [0.05, 0.1) is 12.6 Å². The first kappa shape index (κ1) is 13.5. The van der Waals surface area contributed by atoms with Gasteiger partial charge in [0, 0.05) is 13.0 Å². The number of hydrogen-bond donors (Lipinski definition) is 1. The Morgan fingerprint density at radius 3 is 3.06 bits per heavy atom. The van der Waals surface area contributed by atoms with Crippen molar-refractivity contribution in [1.29, 1.82) is 0 Å². The molecule has 1 aromatic rings. The van der Waals surface area contributed by atoms with E-state index in [2.05, 4.69) is 28.9 Å². The third-order valence-corrected chi connectivity index (χ3v) is 3.63. The molecule has 2 unspecified atom stereocenters. The largest absolute Gasteiger partial charge is 0.392 e. The lowest BCUT2D eigenvalue weighted by atomic mass is 9.96. The molecule has 0 aromatic carbocycles. The SMILES string of the molecule is CCCCc1noc(CN2CCC(C)C(O)C2)n1. The average molecular weight is 253 g/mol. The molecular weight excluding hydrogens is 230 g/mol. The first-order valence-electron chi connectivity index (χ1n) is 6.91. The maximum Gasteiger partial charge on any atom is 0.240 e. The fourth-order valence-corrected chi connectivity index (χ4v) is 2.24. The molecule has 2 atom stereocenters. The third kappa shape index (κ3) is 3.53. The second kappa shape index (κ2) is 6.29. The average Bonchev–Trinajstić information content (AvgIpc) is 2.79. The number of piperidine rings is 1. The zero-order valence-electron chi connectivity index (χ0n) is 11.3. The molecule has 1 aromatic heterocycles. The number of aliphatic hydroxyl groups is 1. The maximum atomic E-state index is 9.84. The van der Waals surface area contributed by atoms with Gasteiger partial charge < -0.3 is 9.63 Å². The fourth-order valence-electron chi connectivity index (χ4n) is 2.24. The van der Waals surface area contributed by atoms with Crippen LogP contribution >= 0.6 is 0 Å². The number of aryl methyl sites for hydroxylation is 1. The van der Waals surface area contributed by atoms with Gasteiger partial charge in [-0.2, -0.15) is 4.98 Å². The topological polar surface area (TPSA) is 62.4 Å². The number of unbranched alkanes of at least 4 members (excludes halogenated alkanes) is 1. The third-order valence-electron chi connectivity index (χ3n) is 3.63. The summed E-state index contributed by atoms with van der Waals surface area (Å²) >= 11 is 0. The van der Waals surface area contributed by atoms with Gasteiger partial charge in [0.15, 0.2) is 5.82 Å². The number of rotatable bonds is 5. The minimum absolute atomic E-state index is 0.235. The predicted octanol–water partition coefficient (Wildman–Crippen LogP) is 1.61. The van der Waals surface area contributed by atoms with Gasteiger partial charge in [-0.3, -0.25) is 4.90 Å². The van der Waals surface area contributed by atoms with Crippen LogP contribution in [0.5, 0.6) is 0 Å². The molecule has 1 fully saturated rings. The molecule has 2 rings (SSSR count). The van der Waals surface area contributed by atoms with E-state index < -0.39 is 0 Å². The molecule has 5 heteroatoms. The van der Waals surface area contributed by atoms with E-state index in [4.69, 9.17) is 4.52 Å². The van der Waals surface area contributed by atoms with Gasteiger partial charge in [-0.05, 0) is 25.3 Å². The Hall–Kier alpha value is -0.940. The van der Waals surface area contributed by atoms with Crippen molar-refractivity contribution in [1.82, 2.24) is 15.0 Å². The Bertz CT molecular complexity index is 367. The molecule has 1 aliphatic rings. The molecule has 0 aliphatic carbocycles. The lowest BCUT2D eigenvalue weighted by molar-refractivity contribution is 0.0220. The van der Waals surface area contributed by atoms with E-state index in [0.29, 0.717) is 24.9 Å². The normalized spacial score (nSPS) is 25.5. The number of likely N-dealkylation sites (tertiary alicyclic amines) is 1. The number of hydrogen-bond acceptors (Lipinski definition) is 5. The van der Waals surface area contributed by atoms with Gasteiger partial charge in [-0.1, -0.05) is 25.4 Å². The molecule has 0 bridgehead atoms. The van der Waals surface area contributed by atoms with Gasteiger partial charge in [-0.15, -0.1) is 0 Å². The summed E-state index contributed by atoms with van der Waals surface area (Å²) in [6, 6.07) is 0. The quantitative estimate of drug-likeness (QED) is 0.864. The summed E-state index contributed by atoms with van der Waals surface area (Å²) < 4.78 is 5.24. The minimum Gasteiger partial charge on any atom is -0.392 e. The highest BCUT2D eigenvalue weighted by Gasteiger charge is 2.25. The standard InChI is InChI=1S/C13H23N3O2/c1-3-4-5-12-14-13(18-15-12)9-16-7-6-10(2)11(17)8-16/h10-11,17H,3-9H2,1-2H3. The summed E-state index contributed by atoms with van der Waals surface area (Å²) in [5.41, 5.74) is 0. The van der Waals surface area contributed by atoms with Crippen molar-refractivity contribution in [2.45, 2.75) is 52.2 Å². The highest BCUT2D eigenvalue weighted by Crippen LogP contribution is 2.18. The van der Waals surface area contributed by atoms with Crippen LogP contribution in [-0.4, -0.2) is 39.3 Å². The van der Waals surface area contributed by atoms with Crippen LogP contribution in [0, 0.1) is 5.92 Å². The van der Waals surface area contributed by atoms with Crippen molar-refractivity contribution in [3.63, 3.8) is 0 Å². The van der Waals surface area contributed by atoms with Gasteiger partial charge in [0.2, 0.25) is 5.89 Å². The number of aromatic nitrogens is 2. The minimum atomic E-state index is -0.235. The van der Waals surface area contributed by atoms with E-state index in [1.165, 1.54) is 0 Å². The number of aliphatic hydroxyl groups excluding tert-OH is 1. The highest BCUT2D eigenvalue weighted by molar-refractivity contribution is 4.88. The fraction of sp³-hybridized carbons (Fsp3) is 0.846. The Kier molecular flexibility index (Phi) is 4.72. The van der Waals surface area contributed by atoms with Crippen LogP contribution in [0.3, 0.4) is 0 Å². The van der Waals surface area contributed by atoms with Crippen LogP contribution in [0.25, 0.3) is 0 Å². The Balaban J connectivity index is 1.84. The van der Waals surface area contributed by atoms with E-state index in [0.717, 1.165) is 38.1 Å². The van der Waals surface area contributed by atoms with Crippen LogP contribution in [-0.2, 0) is 13.0 Å². The Labute approximate surface area is 108 Å². The summed E-state index contributed by atoms with van der Waals surface area (Å²) in [7, 11) is 0. The van der Waals surface area contributed by atoms with E-state index in [1.54, 1.807) is 0 Å². The molecule has 102 valence electrons. The molecular formula is C13H23N3O2. The summed E-state index contributed by atoms with van der Waals surface area (Å²) in [5.74, 6) is 1.87. The lowest BCUT2D eigenvalue weighted by Crippen LogP contribution is -2.42. The second-order valence-corrected chi connectivity index (χ2v) is 5.28. The van der Waals surface area contributed by atoms with Crippen LogP contribution in [0.4, 0.5) is 0 Å². The molecule has 0 spiro atoms. The molecule has 18 heavy (non-hydrogen) atoms. The van der Waals surface area contributed by atoms with Crippen LogP contribution < -0.4 is 0 Å². The van der Waals surface area contributed by atoms with Crippen LogP contribution in [0.2, 0.25) is 0 Å². The first-order chi connectivity index (χ1) is 8.69. The van der Waals surface area contributed by atoms with E-state index >= 15 is 0 Å². The van der Waals surface area contributed by atoms with Crippen molar-refractivity contribution in [3.8, 4) is 0 Å². The lowest BCUT2D eigenvalue weighted by Gasteiger charge is -2.33. The zero-order chi connectivity index (χ0) is 13.0. The molecule has 5 nitrogen and oxygen atoms in total. The van der Waals surface area contributed by atoms with E-state index in [9.17, 15) is 5.11 Å². The summed E-state index contributed by atoms with van der Waals surface area (Å²) in [6.45, 7) is 6.59. The number of nitrogens with zero attached hydrogens (tertiary/aromatic N) is 3. The molecule has 1 N–H and O–H groups in total.